The first-order valence-corrected chi connectivity index (χ1v) is 7.02. The number of carbonyl (C=O) groups is 1. The average molecular weight is 292 g/mol. The van der Waals surface area contributed by atoms with Gasteiger partial charge in [0.25, 0.3) is 5.69 Å². The van der Waals surface area contributed by atoms with Gasteiger partial charge in [0, 0.05) is 23.8 Å². The number of amides is 1. The van der Waals surface area contributed by atoms with Gasteiger partial charge < -0.3 is 16.4 Å². The third-order valence-corrected chi connectivity index (χ3v) is 4.08. The number of nitrogens with zero attached hydrogens (tertiary/aromatic N) is 1. The molecule has 0 aromatic heterocycles. The molecule has 0 spiro atoms. The number of rotatable bonds is 6. The zero-order chi connectivity index (χ0) is 15.6. The van der Waals surface area contributed by atoms with Gasteiger partial charge >= 0.3 is 0 Å². The minimum Gasteiger partial charge on any atom is -0.378 e. The molecule has 0 fully saturated rings. The Bertz CT molecular complexity index is 582. The van der Waals surface area contributed by atoms with Gasteiger partial charge in [-0.15, -0.1) is 0 Å². The third-order valence-electron chi connectivity index (χ3n) is 4.08. The highest BCUT2D eigenvalue weighted by molar-refractivity contribution is 6.00. The van der Waals surface area contributed by atoms with Crippen LogP contribution in [0.3, 0.4) is 0 Å². The predicted octanol–water partition coefficient (Wildman–Crippen LogP) is 2.02. The van der Waals surface area contributed by atoms with E-state index in [0.29, 0.717) is 23.5 Å². The Morgan fingerprint density at radius 3 is 2.67 bits per heavy atom. The van der Waals surface area contributed by atoms with Crippen LogP contribution >= 0.6 is 0 Å². The van der Waals surface area contributed by atoms with Crippen molar-refractivity contribution in [1.29, 1.82) is 0 Å². The smallest absolute Gasteiger partial charge is 0.292 e. The number of nitrogens with two attached hydrogens (primary N) is 1. The summed E-state index contributed by atoms with van der Waals surface area (Å²) < 4.78 is 0. The summed E-state index contributed by atoms with van der Waals surface area (Å²) in [6, 6.07) is 3.07. The van der Waals surface area contributed by atoms with Crippen LogP contribution in [-0.4, -0.2) is 22.9 Å². The van der Waals surface area contributed by atoms with Crippen LogP contribution in [0, 0.1) is 10.1 Å². The van der Waals surface area contributed by atoms with Crippen molar-refractivity contribution < 1.29 is 9.72 Å². The topological polar surface area (TPSA) is 110 Å². The van der Waals surface area contributed by atoms with Crippen LogP contribution in [-0.2, 0) is 11.2 Å². The van der Waals surface area contributed by atoms with E-state index in [-0.39, 0.29) is 18.0 Å². The van der Waals surface area contributed by atoms with E-state index in [4.69, 9.17) is 5.73 Å². The molecule has 1 amide bonds. The van der Waals surface area contributed by atoms with Gasteiger partial charge in [-0.2, -0.15) is 0 Å². The summed E-state index contributed by atoms with van der Waals surface area (Å²) in [7, 11) is 0. The van der Waals surface area contributed by atoms with Gasteiger partial charge in [0.2, 0.25) is 5.91 Å². The Balaban J connectivity index is 2.28. The number of carbonyl (C=O) groups excluding carboxylic acids is 1. The van der Waals surface area contributed by atoms with Crippen molar-refractivity contribution in [2.24, 2.45) is 5.73 Å². The molecule has 1 aromatic rings. The molecule has 0 bridgehead atoms. The fourth-order valence-corrected chi connectivity index (χ4v) is 2.33. The Hall–Kier alpha value is -2.15. The molecule has 0 unspecified atom stereocenters. The molecule has 1 heterocycles. The molecule has 0 saturated heterocycles. The molecule has 7 heteroatoms. The molecule has 7 nitrogen and oxygen atoms in total. The van der Waals surface area contributed by atoms with E-state index in [2.05, 4.69) is 10.6 Å². The van der Waals surface area contributed by atoms with Gasteiger partial charge in [-0.25, -0.2) is 0 Å². The highest BCUT2D eigenvalue weighted by Crippen LogP contribution is 2.34. The molecule has 4 N–H and O–H groups in total. The van der Waals surface area contributed by atoms with Gasteiger partial charge in [-0.3, -0.25) is 14.9 Å². The number of benzene rings is 1. The number of nitro benzene ring substituents is 1. The van der Waals surface area contributed by atoms with Crippen molar-refractivity contribution >= 4 is 23.0 Å². The summed E-state index contributed by atoms with van der Waals surface area (Å²) >= 11 is 0. The zero-order valence-corrected chi connectivity index (χ0v) is 12.2. The molecule has 21 heavy (non-hydrogen) atoms. The largest absolute Gasteiger partial charge is 0.378 e. The molecule has 1 aromatic carbocycles. The maximum atomic E-state index is 11.4. The van der Waals surface area contributed by atoms with Crippen molar-refractivity contribution in [2.45, 2.75) is 38.6 Å². The van der Waals surface area contributed by atoms with Gasteiger partial charge in [0.15, 0.2) is 0 Å². The minimum absolute atomic E-state index is 0.0280. The maximum absolute atomic E-state index is 11.4. The summed E-state index contributed by atoms with van der Waals surface area (Å²) in [6.07, 6.45) is 1.72. The van der Waals surface area contributed by atoms with Gasteiger partial charge in [0.05, 0.1) is 11.3 Å². The molecule has 0 atom stereocenters. The lowest BCUT2D eigenvalue weighted by atomic mass is 9.94. The summed E-state index contributed by atoms with van der Waals surface area (Å²) in [4.78, 5) is 22.1. The number of fused-ring (bicyclic) bond motifs is 1. The van der Waals surface area contributed by atoms with E-state index >= 15 is 0 Å². The number of nitro groups is 1. The van der Waals surface area contributed by atoms with Crippen LogP contribution in [0.4, 0.5) is 17.1 Å². The van der Waals surface area contributed by atoms with E-state index < -0.39 is 10.5 Å². The second-order valence-electron chi connectivity index (χ2n) is 5.43. The summed E-state index contributed by atoms with van der Waals surface area (Å²) in [5.41, 5.74) is 7.44. The first kappa shape index (κ1) is 15.2. The van der Waals surface area contributed by atoms with Gasteiger partial charge in [-0.1, -0.05) is 13.8 Å². The number of hydrogen-bond acceptors (Lipinski definition) is 5. The van der Waals surface area contributed by atoms with E-state index in [9.17, 15) is 14.9 Å². The molecule has 2 rings (SSSR count). The van der Waals surface area contributed by atoms with Crippen LogP contribution in [0.15, 0.2) is 12.1 Å². The zero-order valence-electron chi connectivity index (χ0n) is 12.2. The van der Waals surface area contributed by atoms with E-state index in [0.717, 1.165) is 12.8 Å². The SMILES string of the molecule is CCC(N)(CC)CNc1cc2c(cc1[N+](=O)[O-])CC(=O)N2. The summed E-state index contributed by atoms with van der Waals surface area (Å²) in [5.74, 6) is -0.147. The fraction of sp³-hybridized carbons (Fsp3) is 0.500. The molecule has 1 aliphatic heterocycles. The summed E-state index contributed by atoms with van der Waals surface area (Å²) in [6.45, 7) is 4.42. The molecule has 0 saturated carbocycles. The normalized spacial score (nSPS) is 13.8. The highest BCUT2D eigenvalue weighted by Gasteiger charge is 2.26. The van der Waals surface area contributed by atoms with Crippen LogP contribution < -0.4 is 16.4 Å². The average Bonchev–Trinajstić information content (AvgIpc) is 2.82. The molecular formula is C14H20N4O3. The second-order valence-corrected chi connectivity index (χ2v) is 5.43. The molecule has 114 valence electrons. The molecule has 0 radical (unpaired) electrons. The minimum atomic E-state index is -0.443. The van der Waals surface area contributed by atoms with Crippen molar-refractivity contribution in [3.05, 3.63) is 27.8 Å². The Morgan fingerprint density at radius 2 is 2.10 bits per heavy atom. The Labute approximate surface area is 123 Å². The van der Waals surface area contributed by atoms with Crippen molar-refractivity contribution in [3.63, 3.8) is 0 Å². The predicted molar refractivity (Wildman–Crippen MR) is 81.4 cm³/mol. The standard InChI is InChI=1S/C14H20N4O3/c1-3-14(15,4-2)8-16-11-7-10-9(6-13(19)17-10)5-12(11)18(20)21/h5,7,16H,3-4,6,8,15H2,1-2H3,(H,17,19). The van der Waals surface area contributed by atoms with Crippen LogP contribution in [0.2, 0.25) is 0 Å². The van der Waals surface area contributed by atoms with Gasteiger partial charge in [0.1, 0.15) is 5.69 Å². The van der Waals surface area contributed by atoms with Crippen LogP contribution in [0.1, 0.15) is 32.3 Å². The molecule has 0 aliphatic carbocycles. The number of nitrogens with one attached hydrogen (secondary N) is 2. The van der Waals surface area contributed by atoms with E-state index in [1.165, 1.54) is 6.07 Å². The van der Waals surface area contributed by atoms with Crippen molar-refractivity contribution in [3.8, 4) is 0 Å². The van der Waals surface area contributed by atoms with E-state index in [1.807, 2.05) is 13.8 Å². The van der Waals surface area contributed by atoms with E-state index in [1.54, 1.807) is 6.07 Å². The fourth-order valence-electron chi connectivity index (χ4n) is 2.33. The monoisotopic (exact) mass is 292 g/mol. The second kappa shape index (κ2) is 5.69. The number of hydrogen-bond donors (Lipinski definition) is 3. The third kappa shape index (κ3) is 3.13. The highest BCUT2D eigenvalue weighted by atomic mass is 16.6. The van der Waals surface area contributed by atoms with Crippen LogP contribution in [0.25, 0.3) is 0 Å². The number of anilines is 2. The van der Waals surface area contributed by atoms with Crippen LogP contribution in [0.5, 0.6) is 0 Å². The lowest BCUT2D eigenvalue weighted by Crippen LogP contribution is -2.45. The Morgan fingerprint density at radius 1 is 1.43 bits per heavy atom. The maximum Gasteiger partial charge on any atom is 0.292 e. The quantitative estimate of drug-likeness (QED) is 0.548. The lowest BCUT2D eigenvalue weighted by molar-refractivity contribution is -0.384. The lowest BCUT2D eigenvalue weighted by Gasteiger charge is -2.27. The molecule has 1 aliphatic rings. The molecular weight excluding hydrogens is 272 g/mol. The first-order chi connectivity index (χ1) is 9.88. The first-order valence-electron chi connectivity index (χ1n) is 7.02. The van der Waals surface area contributed by atoms with Gasteiger partial charge in [-0.05, 0) is 24.5 Å². The summed E-state index contributed by atoms with van der Waals surface area (Å²) in [5, 5.41) is 17.0. The van der Waals surface area contributed by atoms with Crippen molar-refractivity contribution in [1.82, 2.24) is 0 Å². The Kier molecular flexibility index (Phi) is 4.13. The van der Waals surface area contributed by atoms with Crippen molar-refractivity contribution in [2.75, 3.05) is 17.2 Å².